The number of primary amides is 1. The normalized spacial score (nSPS) is 24.8. The Morgan fingerprint density at radius 3 is 2.44 bits per heavy atom. The maximum atomic E-state index is 14.5. The van der Waals surface area contributed by atoms with E-state index in [1.807, 2.05) is 49.5 Å². The van der Waals surface area contributed by atoms with Crippen molar-refractivity contribution in [3.05, 3.63) is 99.9 Å². The van der Waals surface area contributed by atoms with Crippen LogP contribution in [0.1, 0.15) is 148 Å². The number of nitrogens with zero attached hydrogens (tertiary/aromatic N) is 5. The predicted molar refractivity (Wildman–Crippen MR) is 378 cm³/mol. The molecule has 7 rings (SSSR count). The SMILES string of the molecule is COc1cc2cc(c1Cl)N(C)C(=O)C[C@H](OC(=O)[C@H](C)N(C)C(=O)CCCc1ccc(NC(=O)[C@H](CCCNC(N)=O)NC(=O)C(NC(=O)CCCn3nnc(CSC)c3CSC3CC/C=C\CCC3)C(C)C)cc1)[C@]1(C)O[C@H]1[C@H](C)[C@@H]1C[C@@](O)(NC(=O)O1)[C@H](OC)/C=C/C=C(\C)C2. The smallest absolute Gasteiger partial charge is 0.409 e. The molecule has 538 valence electrons. The Hall–Kier alpha value is -7.17. The monoisotopic (exact) mass is 1420 g/mol. The molecule has 4 bridgehead atoms. The Balaban J connectivity index is 0.946. The van der Waals surface area contributed by atoms with Gasteiger partial charge in [-0.15, -0.1) is 5.10 Å². The molecule has 28 heteroatoms. The first-order chi connectivity index (χ1) is 46.7. The van der Waals surface area contributed by atoms with Crippen LogP contribution >= 0.6 is 35.1 Å². The van der Waals surface area contributed by atoms with Gasteiger partial charge in [0.1, 0.15) is 52.8 Å². The molecule has 0 radical (unpaired) electrons. The fraction of sp³-hybridized carbons (Fsp3) is 0.600. The first-order valence-corrected chi connectivity index (χ1v) is 36.5. The minimum Gasteiger partial charge on any atom is -0.495 e. The summed E-state index contributed by atoms with van der Waals surface area (Å²) in [6.45, 7) is 11.2. The summed E-state index contributed by atoms with van der Waals surface area (Å²) < 4.78 is 31.6. The number of epoxide rings is 1. The lowest BCUT2D eigenvalue weighted by Crippen LogP contribution is -2.63. The van der Waals surface area contributed by atoms with Crippen molar-refractivity contribution in [1.29, 1.82) is 0 Å². The lowest BCUT2D eigenvalue weighted by molar-refractivity contribution is -0.162. The van der Waals surface area contributed by atoms with Crippen molar-refractivity contribution in [2.45, 2.75) is 215 Å². The van der Waals surface area contributed by atoms with Crippen molar-refractivity contribution in [2.75, 3.05) is 51.3 Å². The minimum atomic E-state index is -1.89. The average Bonchev–Trinajstić information content (AvgIpc) is 1.57. The molecule has 3 aliphatic heterocycles. The summed E-state index contributed by atoms with van der Waals surface area (Å²) in [6, 6.07) is 6.69. The van der Waals surface area contributed by atoms with E-state index in [0.717, 1.165) is 58.9 Å². The number of aliphatic hydroxyl groups is 1. The van der Waals surface area contributed by atoms with Crippen LogP contribution < -0.4 is 42.0 Å². The van der Waals surface area contributed by atoms with Crippen molar-refractivity contribution in [3.63, 3.8) is 0 Å². The van der Waals surface area contributed by atoms with E-state index < -0.39 is 95.6 Å². The number of hydrogen-bond acceptors (Lipinski definition) is 18. The van der Waals surface area contributed by atoms with Crippen LogP contribution in [0.4, 0.5) is 21.0 Å². The molecule has 2 unspecified atom stereocenters. The maximum absolute atomic E-state index is 14.5. The third-order valence-corrected chi connectivity index (χ3v) is 20.9. The lowest BCUT2D eigenvalue weighted by atomic mass is 9.83. The number of esters is 1. The quantitative estimate of drug-likeness (QED) is 0.0155. The molecule has 25 nitrogen and oxygen atoms in total. The molecular weight excluding hydrogens is 1320 g/mol. The third-order valence-electron chi connectivity index (χ3n) is 18.6. The van der Waals surface area contributed by atoms with E-state index in [1.54, 1.807) is 81.2 Å². The highest BCUT2D eigenvalue weighted by molar-refractivity contribution is 7.99. The number of anilines is 2. The lowest BCUT2D eigenvalue weighted by Gasteiger charge is -2.42. The van der Waals surface area contributed by atoms with E-state index in [9.17, 15) is 43.5 Å². The number of amides is 8. The van der Waals surface area contributed by atoms with Gasteiger partial charge >= 0.3 is 18.1 Å². The highest BCUT2D eigenvalue weighted by atomic mass is 35.5. The van der Waals surface area contributed by atoms with E-state index in [0.29, 0.717) is 61.0 Å². The number of fused-ring (bicyclic) bond motifs is 5. The van der Waals surface area contributed by atoms with E-state index in [-0.39, 0.29) is 61.4 Å². The van der Waals surface area contributed by atoms with Crippen molar-refractivity contribution >= 4 is 94.1 Å². The van der Waals surface area contributed by atoms with Gasteiger partial charge in [0, 0.05) is 81.9 Å². The number of nitrogens with one attached hydrogen (secondary N) is 5. The second kappa shape index (κ2) is 36.8. The largest absolute Gasteiger partial charge is 0.495 e. The van der Waals surface area contributed by atoms with Gasteiger partial charge in [-0.3, -0.25) is 29.3 Å². The fourth-order valence-corrected chi connectivity index (χ4v) is 14.6. The number of methoxy groups -OCH3 is 2. The number of alkyl carbamates (subject to hydrolysis) is 1. The molecule has 8 amide bonds. The Kier molecular flexibility index (Phi) is 29.3. The summed E-state index contributed by atoms with van der Waals surface area (Å²) in [7, 11) is 5.94. The number of benzene rings is 2. The van der Waals surface area contributed by atoms with Crippen LogP contribution in [0, 0.1) is 11.8 Å². The van der Waals surface area contributed by atoms with Gasteiger partial charge in [-0.1, -0.05) is 85.7 Å². The predicted octanol–water partition coefficient (Wildman–Crippen LogP) is 8.61. The number of urea groups is 1. The van der Waals surface area contributed by atoms with Gasteiger partial charge in [-0.2, -0.15) is 23.5 Å². The summed E-state index contributed by atoms with van der Waals surface area (Å²) in [5, 5.41) is 35.3. The molecule has 3 aromatic rings. The number of hydrogen-bond donors (Lipinski definition) is 7. The zero-order valence-electron chi connectivity index (χ0n) is 58.3. The topological polar surface area (TPSA) is 330 Å². The number of aromatic nitrogens is 3. The summed E-state index contributed by atoms with van der Waals surface area (Å²) >= 11 is 10.5. The van der Waals surface area contributed by atoms with Gasteiger partial charge in [-0.05, 0) is 139 Å². The van der Waals surface area contributed by atoms with Crippen LogP contribution in [0.2, 0.25) is 5.02 Å². The second-order valence-electron chi connectivity index (χ2n) is 26.4. The number of halogens is 1. The number of allylic oxidation sites excluding steroid dienone is 5. The molecule has 2 saturated heterocycles. The summed E-state index contributed by atoms with van der Waals surface area (Å²) in [4.78, 5) is 111. The van der Waals surface area contributed by atoms with Gasteiger partial charge in [0.05, 0.1) is 36.7 Å². The van der Waals surface area contributed by atoms with Gasteiger partial charge < -0.3 is 65.6 Å². The molecular formula is C70H100ClN11O14S2. The number of carbonyl (C=O) groups excluding carboxylic acids is 8. The first kappa shape index (κ1) is 78.2. The number of carbonyl (C=O) groups is 8. The number of aryl methyl sites for hydroxylation is 2. The highest BCUT2D eigenvalue weighted by Gasteiger charge is 2.64. The molecule has 1 aliphatic carbocycles. The number of likely N-dealkylation sites (N-methyl/N-ethyl adjacent to an activating group) is 1. The zero-order chi connectivity index (χ0) is 71.4. The van der Waals surface area contributed by atoms with Crippen LogP contribution in [0.15, 0.2) is 72.4 Å². The fourth-order valence-electron chi connectivity index (χ4n) is 12.5. The number of rotatable bonds is 28. The summed E-state index contributed by atoms with van der Waals surface area (Å²) in [5.41, 5.74) is 7.41. The van der Waals surface area contributed by atoms with E-state index >= 15 is 0 Å². The Morgan fingerprint density at radius 1 is 0.990 bits per heavy atom. The number of nitrogens with two attached hydrogens (primary N) is 1. The molecule has 2 fully saturated rings. The van der Waals surface area contributed by atoms with Crippen molar-refractivity contribution in [2.24, 2.45) is 17.6 Å². The standard InChI is InChI=1S/C70H100ClN11O14S2/c1-42(2)62(76-58(83)27-20-34-82-53(51(40-97-11)78-79-82)41-98-49-23-15-13-12-14-16-24-49)65(87)75-50(25-19-33-73-67(72)89)64(86)74-48-31-29-46(30-32-48)22-18-28-59(84)80(7)45(5)66(88)95-57-38-60(85)81(8)52-36-47(37-54(92-9)61(52)71)35-43(3)21-17-26-56(93-10)70(91)39-55(94-68(90)77-70)44(4)63-69(57,6)96-63/h12-13,17,21,26,29-32,36-37,42,44-45,49-50,55-57,62-63,91H,14-16,18-20,22-25,27-28,33-35,38-41H2,1-11H3,(H,74,86)(H,75,87)(H,76,83)(H,77,90)(H3,72,73,89)/b13-12-,26-17+,43-21+/t44-,45+,49?,50+,55+,56-,57+,62?,63+,69+,70+/m1/s1. The van der Waals surface area contributed by atoms with Gasteiger partial charge in [0.25, 0.3) is 0 Å². The third kappa shape index (κ3) is 21.7. The molecule has 0 saturated carbocycles. The molecule has 2 aromatic carbocycles. The van der Waals surface area contributed by atoms with E-state index in [2.05, 4.69) is 49.0 Å². The highest BCUT2D eigenvalue weighted by Crippen LogP contribution is 2.49. The number of ether oxygens (including phenoxy) is 5. The van der Waals surface area contributed by atoms with Crippen molar-refractivity contribution < 1.29 is 67.1 Å². The molecule has 8 N–H and O–H groups in total. The number of thioether (sulfide) groups is 2. The summed E-state index contributed by atoms with van der Waals surface area (Å²) in [6.07, 6.45) is 14.5. The molecule has 0 spiro atoms. The Morgan fingerprint density at radius 2 is 1.73 bits per heavy atom. The molecule has 1 aromatic heterocycles. The van der Waals surface area contributed by atoms with Crippen molar-refractivity contribution in [1.82, 2.24) is 41.2 Å². The van der Waals surface area contributed by atoms with E-state index in [1.165, 1.54) is 50.8 Å². The van der Waals surface area contributed by atoms with Gasteiger partial charge in [0.2, 0.25) is 29.5 Å². The van der Waals surface area contributed by atoms with Gasteiger partial charge in [-0.25, -0.2) is 19.1 Å². The Bertz CT molecular complexity index is 3370. The summed E-state index contributed by atoms with van der Waals surface area (Å²) in [5.74, 6) is -2.11. The molecule has 11 atom stereocenters. The van der Waals surface area contributed by atoms with Crippen LogP contribution in [0.25, 0.3) is 0 Å². The zero-order valence-corrected chi connectivity index (χ0v) is 60.7. The van der Waals surface area contributed by atoms with Crippen LogP contribution in [0.3, 0.4) is 0 Å². The van der Waals surface area contributed by atoms with Crippen LogP contribution in [-0.4, -0.2) is 173 Å². The second-order valence-corrected chi connectivity index (χ2v) is 28.9. The molecule has 4 aliphatic rings. The van der Waals surface area contributed by atoms with Gasteiger partial charge in [0.15, 0.2) is 5.72 Å². The first-order valence-electron chi connectivity index (χ1n) is 33.7. The van der Waals surface area contributed by atoms with Crippen LogP contribution in [0.5, 0.6) is 5.75 Å². The van der Waals surface area contributed by atoms with E-state index in [4.69, 9.17) is 41.0 Å². The Labute approximate surface area is 588 Å². The average molecular weight is 1420 g/mol. The van der Waals surface area contributed by atoms with Crippen molar-refractivity contribution in [3.8, 4) is 5.75 Å². The molecule has 98 heavy (non-hydrogen) atoms. The minimum absolute atomic E-state index is 0.0461. The maximum Gasteiger partial charge on any atom is 0.409 e. The molecule has 4 heterocycles. The van der Waals surface area contributed by atoms with Crippen LogP contribution in [-0.2, 0) is 78.6 Å².